The zero-order valence-electron chi connectivity index (χ0n) is 28.6. The fourth-order valence-corrected chi connectivity index (χ4v) is 6.45. The summed E-state index contributed by atoms with van der Waals surface area (Å²) in [5.74, 6) is 4.48. The van der Waals surface area contributed by atoms with E-state index in [1.165, 1.54) is 56.9 Å². The highest BCUT2D eigenvalue weighted by molar-refractivity contribution is 5.90. The highest BCUT2D eigenvalue weighted by Crippen LogP contribution is 2.47. The molecule has 2 aromatic rings. The molecule has 0 saturated carbocycles. The third-order valence-corrected chi connectivity index (χ3v) is 9.61. The predicted molar refractivity (Wildman–Crippen MR) is 180 cm³/mol. The smallest absolute Gasteiger partial charge is 0.224 e. The Balaban J connectivity index is 1.58. The number of carbonyl (C=O) groups is 1. The molecule has 2 aromatic carbocycles. The third kappa shape index (κ3) is 9.91. The Morgan fingerprint density at radius 3 is 2.21 bits per heavy atom. The molecule has 0 fully saturated rings. The van der Waals surface area contributed by atoms with E-state index in [1.54, 1.807) is 18.2 Å². The number of carbonyl (C=O) groups excluding carboxylic acids is 1. The Hall–Kier alpha value is -2.69. The second-order valence-electron chi connectivity index (χ2n) is 14.1. The molecule has 240 valence electrons. The van der Waals surface area contributed by atoms with Gasteiger partial charge in [0, 0.05) is 23.7 Å². The maximum absolute atomic E-state index is 11.9. The molecule has 5 heteroatoms. The lowest BCUT2D eigenvalue weighted by Gasteiger charge is -2.38. The zero-order chi connectivity index (χ0) is 31.7. The third-order valence-electron chi connectivity index (χ3n) is 9.61. The van der Waals surface area contributed by atoms with Gasteiger partial charge < -0.3 is 19.9 Å². The number of benzene rings is 2. The minimum Gasteiger partial charge on any atom is -0.504 e. The summed E-state index contributed by atoms with van der Waals surface area (Å²) in [5.41, 5.74) is 4.79. The van der Waals surface area contributed by atoms with Crippen molar-refractivity contribution < 1.29 is 19.4 Å². The van der Waals surface area contributed by atoms with Crippen molar-refractivity contribution in [2.24, 2.45) is 17.8 Å². The molecular formula is C38H59NO4. The van der Waals surface area contributed by atoms with Gasteiger partial charge in [0.1, 0.15) is 17.1 Å². The van der Waals surface area contributed by atoms with Crippen molar-refractivity contribution in [1.29, 1.82) is 0 Å². The summed E-state index contributed by atoms with van der Waals surface area (Å²) in [4.78, 5) is 11.9. The second-order valence-corrected chi connectivity index (χ2v) is 14.1. The van der Waals surface area contributed by atoms with Gasteiger partial charge in [-0.1, -0.05) is 79.6 Å². The molecule has 3 atom stereocenters. The number of hydrogen-bond acceptors (Lipinski definition) is 4. The van der Waals surface area contributed by atoms with Crippen LogP contribution in [0, 0.1) is 38.5 Å². The van der Waals surface area contributed by atoms with Crippen LogP contribution in [0.15, 0.2) is 18.2 Å². The number of fused-ring (bicyclic) bond motifs is 1. The van der Waals surface area contributed by atoms with E-state index in [2.05, 4.69) is 60.7 Å². The number of ether oxygens (including phenoxy) is 2. The Kier molecular flexibility index (Phi) is 12.8. The largest absolute Gasteiger partial charge is 0.504 e. The molecule has 0 unspecified atom stereocenters. The zero-order valence-corrected chi connectivity index (χ0v) is 28.6. The van der Waals surface area contributed by atoms with E-state index in [1.807, 2.05) is 6.92 Å². The average molecular weight is 594 g/mol. The maximum Gasteiger partial charge on any atom is 0.224 e. The van der Waals surface area contributed by atoms with Gasteiger partial charge in [0.2, 0.25) is 5.91 Å². The molecule has 43 heavy (non-hydrogen) atoms. The molecule has 0 aromatic heterocycles. The molecule has 3 rings (SSSR count). The summed E-state index contributed by atoms with van der Waals surface area (Å²) in [5, 5.41) is 13.4. The molecule has 0 bridgehead atoms. The van der Waals surface area contributed by atoms with Gasteiger partial charge in [-0.05, 0) is 100.0 Å². The molecular weight excluding hydrogens is 534 g/mol. The molecule has 1 amide bonds. The van der Waals surface area contributed by atoms with Crippen molar-refractivity contribution in [2.75, 3.05) is 5.32 Å². The van der Waals surface area contributed by atoms with Gasteiger partial charge in [-0.25, -0.2) is 0 Å². The van der Waals surface area contributed by atoms with Crippen molar-refractivity contribution in [1.82, 2.24) is 0 Å². The first-order valence-electron chi connectivity index (χ1n) is 17.0. The van der Waals surface area contributed by atoms with Gasteiger partial charge in [0.15, 0.2) is 11.5 Å². The minimum absolute atomic E-state index is 0.0397. The van der Waals surface area contributed by atoms with Crippen molar-refractivity contribution in [3.05, 3.63) is 40.5 Å². The van der Waals surface area contributed by atoms with Crippen LogP contribution < -0.4 is 14.8 Å². The van der Waals surface area contributed by atoms with E-state index < -0.39 is 0 Å². The van der Waals surface area contributed by atoms with Crippen LogP contribution in [0.3, 0.4) is 0 Å². The lowest BCUT2D eigenvalue weighted by molar-refractivity contribution is -0.115. The lowest BCUT2D eigenvalue weighted by Crippen LogP contribution is -2.37. The summed E-state index contributed by atoms with van der Waals surface area (Å²) in [6.07, 6.45) is 14.0. The van der Waals surface area contributed by atoms with Crippen LogP contribution >= 0.6 is 0 Å². The summed E-state index contributed by atoms with van der Waals surface area (Å²) < 4.78 is 13.1. The summed E-state index contributed by atoms with van der Waals surface area (Å²) in [6.45, 7) is 19.8. The molecule has 1 heterocycles. The fourth-order valence-electron chi connectivity index (χ4n) is 6.45. The Morgan fingerprint density at radius 1 is 0.953 bits per heavy atom. The quantitative estimate of drug-likeness (QED) is 0.190. The first-order chi connectivity index (χ1) is 20.3. The number of phenols is 1. The number of anilines is 1. The van der Waals surface area contributed by atoms with Crippen LogP contribution in [-0.4, -0.2) is 16.6 Å². The second kappa shape index (κ2) is 15.9. The molecule has 1 aliphatic rings. The van der Waals surface area contributed by atoms with Crippen molar-refractivity contribution >= 4 is 11.6 Å². The van der Waals surface area contributed by atoms with E-state index >= 15 is 0 Å². The van der Waals surface area contributed by atoms with Gasteiger partial charge in [0.05, 0.1) is 0 Å². The fraction of sp³-hybridized carbons (Fsp3) is 0.658. The lowest BCUT2D eigenvalue weighted by atomic mass is 9.83. The molecule has 0 saturated heterocycles. The topological polar surface area (TPSA) is 67.8 Å². The van der Waals surface area contributed by atoms with Crippen LogP contribution in [0.2, 0.25) is 0 Å². The SMILES string of the molecule is CCC(=O)Nc1ccc(O)c(Oc2c(C)c(C)c3c(c2C)CC[C@@](C)(CCC[C@H](C)CCC[C@H](C)CCCC(C)C)O3)c1. The normalized spacial score (nSPS) is 17.7. The minimum atomic E-state index is -0.159. The van der Waals surface area contributed by atoms with E-state index in [-0.39, 0.29) is 17.3 Å². The molecule has 0 aliphatic carbocycles. The van der Waals surface area contributed by atoms with Gasteiger partial charge >= 0.3 is 0 Å². The van der Waals surface area contributed by atoms with Gasteiger partial charge in [-0.2, -0.15) is 0 Å². The number of hydrogen-bond donors (Lipinski definition) is 2. The Morgan fingerprint density at radius 2 is 1.58 bits per heavy atom. The van der Waals surface area contributed by atoms with Crippen molar-refractivity contribution in [3.63, 3.8) is 0 Å². The van der Waals surface area contributed by atoms with E-state index in [0.717, 1.165) is 65.2 Å². The number of phenolic OH excluding ortho intramolecular Hbond substituents is 1. The predicted octanol–water partition coefficient (Wildman–Crippen LogP) is 11.0. The van der Waals surface area contributed by atoms with Crippen LogP contribution in [0.4, 0.5) is 5.69 Å². The average Bonchev–Trinajstić information content (AvgIpc) is 2.95. The van der Waals surface area contributed by atoms with Crippen LogP contribution in [-0.2, 0) is 11.2 Å². The summed E-state index contributed by atoms with van der Waals surface area (Å²) in [7, 11) is 0. The maximum atomic E-state index is 11.9. The highest BCUT2D eigenvalue weighted by atomic mass is 16.5. The monoisotopic (exact) mass is 593 g/mol. The van der Waals surface area contributed by atoms with Crippen molar-refractivity contribution in [2.45, 2.75) is 145 Å². The van der Waals surface area contributed by atoms with Crippen LogP contribution in [0.25, 0.3) is 0 Å². The van der Waals surface area contributed by atoms with Gasteiger partial charge in [-0.3, -0.25) is 4.79 Å². The summed E-state index contributed by atoms with van der Waals surface area (Å²) in [6, 6.07) is 4.92. The number of rotatable bonds is 16. The first kappa shape index (κ1) is 34.8. The van der Waals surface area contributed by atoms with E-state index in [4.69, 9.17) is 9.47 Å². The Labute approximate surface area is 262 Å². The first-order valence-corrected chi connectivity index (χ1v) is 17.0. The van der Waals surface area contributed by atoms with E-state index in [9.17, 15) is 9.90 Å². The molecule has 5 nitrogen and oxygen atoms in total. The van der Waals surface area contributed by atoms with Crippen LogP contribution in [0.5, 0.6) is 23.0 Å². The number of aromatic hydroxyl groups is 1. The molecule has 0 radical (unpaired) electrons. The van der Waals surface area contributed by atoms with Crippen molar-refractivity contribution in [3.8, 4) is 23.0 Å². The molecule has 2 N–H and O–H groups in total. The number of nitrogens with one attached hydrogen (secondary N) is 1. The van der Waals surface area contributed by atoms with Crippen LogP contribution in [0.1, 0.15) is 134 Å². The van der Waals surface area contributed by atoms with E-state index in [0.29, 0.717) is 17.9 Å². The van der Waals surface area contributed by atoms with Gasteiger partial charge in [0.25, 0.3) is 0 Å². The summed E-state index contributed by atoms with van der Waals surface area (Å²) >= 11 is 0. The standard InChI is InChI=1S/C38H59NO4/c1-10-35(41)39-31-19-20-33(40)34(24-31)42-36-28(6)29(7)37-32(30(36)8)21-23-38(9,43-37)22-13-18-27(5)17-12-16-26(4)15-11-14-25(2)3/h19-20,24-27,40H,10-18,21-23H2,1-9H3,(H,39,41)/t26-,27-,38-/m1/s1. The molecule has 1 aliphatic heterocycles. The molecule has 0 spiro atoms. The van der Waals surface area contributed by atoms with Gasteiger partial charge in [-0.15, -0.1) is 0 Å². The Bertz CT molecular complexity index is 1220. The highest BCUT2D eigenvalue weighted by Gasteiger charge is 2.34. The number of amides is 1.